The van der Waals surface area contributed by atoms with E-state index in [4.69, 9.17) is 14.2 Å². The summed E-state index contributed by atoms with van der Waals surface area (Å²) in [5.41, 5.74) is 3.36. The molecule has 35 heavy (non-hydrogen) atoms. The molecule has 1 aliphatic heterocycles. The maximum absolute atomic E-state index is 14.0. The fourth-order valence-electron chi connectivity index (χ4n) is 4.88. The highest BCUT2D eigenvalue weighted by Crippen LogP contribution is 2.46. The highest BCUT2D eigenvalue weighted by Gasteiger charge is 2.35. The molecule has 1 unspecified atom stereocenters. The summed E-state index contributed by atoms with van der Waals surface area (Å²) in [7, 11) is 0. The molecule has 1 aromatic carbocycles. The van der Waals surface area contributed by atoms with Crippen LogP contribution in [-0.4, -0.2) is 48.6 Å². The molecule has 3 atom stereocenters. The lowest BCUT2D eigenvalue weighted by Gasteiger charge is -2.39. The fraction of sp³-hybridized carbons (Fsp3) is 0.571. The summed E-state index contributed by atoms with van der Waals surface area (Å²) >= 11 is 0. The van der Waals surface area contributed by atoms with E-state index in [-0.39, 0.29) is 29.7 Å². The first-order chi connectivity index (χ1) is 16.6. The van der Waals surface area contributed by atoms with Crippen LogP contribution in [0.3, 0.4) is 0 Å². The summed E-state index contributed by atoms with van der Waals surface area (Å²) < 4.78 is 30.6. The minimum Gasteiger partial charge on any atom is -0.466 e. The number of cyclic esters (lactones) is 1. The molecule has 1 heterocycles. The summed E-state index contributed by atoms with van der Waals surface area (Å²) in [6.45, 7) is 8.64. The number of aryl methyl sites for hydroxylation is 1. The van der Waals surface area contributed by atoms with E-state index < -0.39 is 18.2 Å². The zero-order valence-electron chi connectivity index (χ0n) is 21.1. The van der Waals surface area contributed by atoms with Gasteiger partial charge in [0.2, 0.25) is 0 Å². The molecule has 0 bridgehead atoms. The van der Waals surface area contributed by atoms with Crippen LogP contribution in [0, 0.1) is 18.2 Å². The van der Waals surface area contributed by atoms with Gasteiger partial charge in [0.1, 0.15) is 11.9 Å². The Kier molecular flexibility index (Phi) is 9.25. The molecular weight excluding hydrogens is 451 g/mol. The Labute approximate surface area is 207 Å². The van der Waals surface area contributed by atoms with Gasteiger partial charge in [-0.2, -0.15) is 0 Å². The van der Waals surface area contributed by atoms with Gasteiger partial charge in [-0.1, -0.05) is 26.0 Å². The number of hydrogen-bond acceptors (Lipinski definition) is 6. The molecule has 1 aliphatic carbocycles. The van der Waals surface area contributed by atoms with Gasteiger partial charge in [-0.25, -0.2) is 4.39 Å². The van der Waals surface area contributed by atoms with Crippen LogP contribution in [0.15, 0.2) is 35.9 Å². The van der Waals surface area contributed by atoms with Crippen LogP contribution in [0.25, 0.3) is 5.57 Å². The normalized spacial score (nSPS) is 24.5. The maximum atomic E-state index is 14.0. The number of carbonyl (C=O) groups excluding carboxylic acids is 2. The Morgan fingerprint density at radius 1 is 1.31 bits per heavy atom. The van der Waals surface area contributed by atoms with Gasteiger partial charge in [0, 0.05) is 19.4 Å². The number of aliphatic hydroxyl groups excluding tert-OH is 1. The van der Waals surface area contributed by atoms with Crippen molar-refractivity contribution in [1.29, 1.82) is 0 Å². The molecule has 7 heteroatoms. The first kappa shape index (κ1) is 27.1. The highest BCUT2D eigenvalue weighted by molar-refractivity contribution is 5.74. The van der Waals surface area contributed by atoms with E-state index in [0.717, 1.165) is 23.1 Å². The molecule has 1 aromatic rings. The minimum atomic E-state index is -0.703. The smallest absolute Gasteiger partial charge is 0.309 e. The molecule has 0 spiro atoms. The molecular formula is C28H37FO6. The van der Waals surface area contributed by atoms with E-state index >= 15 is 0 Å². The van der Waals surface area contributed by atoms with Gasteiger partial charge in [0.05, 0.1) is 25.2 Å². The third-order valence-electron chi connectivity index (χ3n) is 6.58. The maximum Gasteiger partial charge on any atom is 0.309 e. The summed E-state index contributed by atoms with van der Waals surface area (Å²) in [6.07, 6.45) is 5.29. The second kappa shape index (κ2) is 12.0. The van der Waals surface area contributed by atoms with Crippen molar-refractivity contribution in [3.63, 3.8) is 0 Å². The van der Waals surface area contributed by atoms with E-state index in [9.17, 15) is 19.1 Å². The predicted octanol–water partition coefficient (Wildman–Crippen LogP) is 5.06. The van der Waals surface area contributed by atoms with Crippen molar-refractivity contribution < 1.29 is 33.3 Å². The van der Waals surface area contributed by atoms with E-state index in [2.05, 4.69) is 13.8 Å². The van der Waals surface area contributed by atoms with Crippen molar-refractivity contribution in [2.75, 3.05) is 13.2 Å². The number of rotatable bonds is 9. The molecule has 1 N–H and O–H groups in total. The quantitative estimate of drug-likeness (QED) is 0.387. The molecule has 0 aromatic heterocycles. The van der Waals surface area contributed by atoms with Crippen LogP contribution in [0.2, 0.25) is 0 Å². The zero-order valence-corrected chi connectivity index (χ0v) is 21.1. The summed E-state index contributed by atoms with van der Waals surface area (Å²) in [6, 6.07) is 5.12. The van der Waals surface area contributed by atoms with Crippen molar-refractivity contribution in [2.24, 2.45) is 5.41 Å². The van der Waals surface area contributed by atoms with Crippen molar-refractivity contribution in [3.05, 3.63) is 52.9 Å². The van der Waals surface area contributed by atoms with Crippen LogP contribution in [-0.2, 0) is 23.8 Å². The molecule has 1 fully saturated rings. The average molecular weight is 489 g/mol. The van der Waals surface area contributed by atoms with Crippen molar-refractivity contribution in [1.82, 2.24) is 0 Å². The fourth-order valence-corrected chi connectivity index (χ4v) is 4.88. The number of aliphatic hydroxyl groups is 1. The number of hydrogen-bond donors (Lipinski definition) is 1. The van der Waals surface area contributed by atoms with Gasteiger partial charge in [0.25, 0.3) is 0 Å². The molecule has 1 saturated heterocycles. The van der Waals surface area contributed by atoms with E-state index in [1.54, 1.807) is 19.9 Å². The Bertz CT molecular complexity index is 980. The number of esters is 2. The Morgan fingerprint density at radius 2 is 2.09 bits per heavy atom. The number of ether oxygens (including phenoxy) is 3. The molecule has 6 nitrogen and oxygen atoms in total. The second-order valence-corrected chi connectivity index (χ2v) is 10.0. The topological polar surface area (TPSA) is 82.1 Å². The van der Waals surface area contributed by atoms with E-state index in [1.165, 1.54) is 6.07 Å². The van der Waals surface area contributed by atoms with Crippen LogP contribution in [0.4, 0.5) is 4.39 Å². The molecule has 2 aliphatic rings. The second-order valence-electron chi connectivity index (χ2n) is 10.0. The Balaban J connectivity index is 1.84. The minimum absolute atomic E-state index is 0.0216. The predicted molar refractivity (Wildman–Crippen MR) is 131 cm³/mol. The van der Waals surface area contributed by atoms with Crippen LogP contribution < -0.4 is 0 Å². The number of benzene rings is 1. The van der Waals surface area contributed by atoms with Gasteiger partial charge in [-0.05, 0) is 79.0 Å². The highest BCUT2D eigenvalue weighted by atomic mass is 19.1. The molecule has 3 rings (SSSR count). The summed E-state index contributed by atoms with van der Waals surface area (Å²) in [5.74, 6) is -0.874. The number of halogens is 1. The van der Waals surface area contributed by atoms with Crippen LogP contribution >= 0.6 is 0 Å². The molecule has 0 radical (unpaired) electrons. The third kappa shape index (κ3) is 7.48. The van der Waals surface area contributed by atoms with E-state index in [1.807, 2.05) is 18.2 Å². The summed E-state index contributed by atoms with van der Waals surface area (Å²) in [5, 5.41) is 9.95. The van der Waals surface area contributed by atoms with Gasteiger partial charge in [-0.3, -0.25) is 9.59 Å². The Morgan fingerprint density at radius 3 is 2.77 bits per heavy atom. The van der Waals surface area contributed by atoms with Crippen molar-refractivity contribution in [3.8, 4) is 0 Å². The third-order valence-corrected chi connectivity index (χ3v) is 6.58. The lowest BCUT2D eigenvalue weighted by Crippen LogP contribution is -2.32. The van der Waals surface area contributed by atoms with Crippen molar-refractivity contribution in [2.45, 2.75) is 84.5 Å². The SMILES string of the molecule is CCOC(=O)CCCOC1CC(c2ccc(F)c(C)c2)=C(C=C[C@@H]2C[C@@H](O)CC(=O)O2)C(C)(C)C1. The first-order valence-corrected chi connectivity index (χ1v) is 12.4. The Hall–Kier alpha value is -2.51. The van der Waals surface area contributed by atoms with Crippen molar-refractivity contribution >= 4 is 17.5 Å². The van der Waals surface area contributed by atoms with Gasteiger partial charge < -0.3 is 19.3 Å². The van der Waals surface area contributed by atoms with Gasteiger partial charge in [-0.15, -0.1) is 0 Å². The lowest BCUT2D eigenvalue weighted by atomic mass is 9.69. The molecule has 0 amide bonds. The standard InChI is InChI=1S/C28H37FO6/c1-5-33-26(31)7-6-12-34-22-16-23(19-8-11-25(29)18(2)13-19)24(28(3,4)17-22)10-9-21-14-20(30)15-27(32)35-21/h8-11,13,20-22,30H,5-7,12,14-17H2,1-4H3/t20-,21-,22?/m1/s1. The van der Waals surface area contributed by atoms with Crippen LogP contribution in [0.5, 0.6) is 0 Å². The van der Waals surface area contributed by atoms with Gasteiger partial charge >= 0.3 is 11.9 Å². The molecule has 192 valence electrons. The average Bonchev–Trinajstić information content (AvgIpc) is 2.76. The van der Waals surface area contributed by atoms with E-state index in [0.29, 0.717) is 44.5 Å². The monoisotopic (exact) mass is 488 g/mol. The van der Waals surface area contributed by atoms with Crippen LogP contribution in [0.1, 0.15) is 70.4 Å². The largest absolute Gasteiger partial charge is 0.466 e. The molecule has 0 saturated carbocycles. The number of allylic oxidation sites excluding steroid dienone is 2. The zero-order chi connectivity index (χ0) is 25.6. The lowest BCUT2D eigenvalue weighted by molar-refractivity contribution is -0.156. The number of carbonyl (C=O) groups is 2. The summed E-state index contributed by atoms with van der Waals surface area (Å²) in [4.78, 5) is 23.4. The van der Waals surface area contributed by atoms with Gasteiger partial charge in [0.15, 0.2) is 0 Å². The first-order valence-electron chi connectivity index (χ1n) is 12.4.